The molecule has 1 fully saturated rings. The largest absolute Gasteiger partial charge is 0.493 e. The van der Waals surface area contributed by atoms with E-state index in [0.29, 0.717) is 11.3 Å². The number of carbonyl (C=O) groups is 1. The lowest BCUT2D eigenvalue weighted by Gasteiger charge is -2.33. The number of amides is 1. The molecule has 0 unspecified atom stereocenters. The molecule has 0 aromatic heterocycles. The van der Waals surface area contributed by atoms with Crippen molar-refractivity contribution in [2.45, 2.75) is 70.6 Å². The second kappa shape index (κ2) is 9.01. The fourth-order valence-corrected chi connectivity index (χ4v) is 3.88. The van der Waals surface area contributed by atoms with Crippen molar-refractivity contribution in [1.82, 2.24) is 5.32 Å². The molecule has 0 bridgehead atoms. The van der Waals surface area contributed by atoms with Gasteiger partial charge in [-0.1, -0.05) is 62.2 Å². The Morgan fingerprint density at radius 2 is 1.77 bits per heavy atom. The molecule has 2 atom stereocenters. The van der Waals surface area contributed by atoms with E-state index in [1.165, 1.54) is 38.1 Å². The van der Waals surface area contributed by atoms with Gasteiger partial charge >= 0.3 is 0 Å². The van der Waals surface area contributed by atoms with Crippen LogP contribution in [0.4, 0.5) is 0 Å². The molecule has 3 rings (SSSR count). The molecule has 5 heteroatoms. The maximum Gasteiger partial charge on any atom is 0.256 e. The van der Waals surface area contributed by atoms with Crippen LogP contribution in [0.2, 0.25) is 0 Å². The first kappa shape index (κ1) is 17.2. The Labute approximate surface area is 192 Å². The summed E-state index contributed by atoms with van der Waals surface area (Å²) in [4.78, 5) is 13.3. The average molecular weight is 431 g/mol. The third-order valence-electron chi connectivity index (χ3n) is 5.84. The summed E-state index contributed by atoms with van der Waals surface area (Å²) in [5.41, 5.74) is -4.63. The van der Waals surface area contributed by atoms with Crippen LogP contribution in [0.25, 0.3) is 0 Å². The number of carbonyl (C=O) groups excluding carboxylic acids is 1. The van der Waals surface area contributed by atoms with Gasteiger partial charge in [0.05, 0.1) is 20.9 Å². The molecule has 3 N–H and O–H groups in total. The highest BCUT2D eigenvalue weighted by molar-refractivity contribution is 5.86. The molecule has 2 aromatic carbocycles. The van der Waals surface area contributed by atoms with Gasteiger partial charge in [0.15, 0.2) is 5.60 Å². The van der Waals surface area contributed by atoms with Gasteiger partial charge in [0, 0.05) is 9.53 Å². The molecule has 0 saturated heterocycles. The van der Waals surface area contributed by atoms with Crippen LogP contribution in [0.1, 0.15) is 77.3 Å². The third kappa shape index (κ3) is 5.66. The summed E-state index contributed by atoms with van der Waals surface area (Å²) in [5, 5.41) is 24.5. The fourth-order valence-electron chi connectivity index (χ4n) is 3.88. The Kier molecular flexibility index (Phi) is 5.00. The van der Waals surface area contributed by atoms with Gasteiger partial charge in [-0.15, -0.1) is 0 Å². The second-order valence-corrected chi connectivity index (χ2v) is 9.18. The minimum atomic E-state index is -3.08. The quantitative estimate of drug-likeness (QED) is 0.577. The average Bonchev–Trinajstić information content (AvgIpc) is 3.24. The molecule has 0 heterocycles. The molecular formula is C26H35NO4. The van der Waals surface area contributed by atoms with Crippen molar-refractivity contribution >= 4 is 5.91 Å². The Hall–Kier alpha value is -2.37. The predicted octanol–water partition coefficient (Wildman–Crippen LogP) is 4.48. The molecule has 1 amide bonds. The first-order valence-electron chi connectivity index (χ1n) is 13.1. The number of aliphatic hydroxyl groups is 2. The van der Waals surface area contributed by atoms with E-state index in [0.717, 1.165) is 25.7 Å². The minimum absolute atomic E-state index is 0.0941. The molecule has 1 aliphatic carbocycles. The van der Waals surface area contributed by atoms with Gasteiger partial charge in [0.25, 0.3) is 5.91 Å². The topological polar surface area (TPSA) is 78.8 Å². The lowest BCUT2D eigenvalue weighted by atomic mass is 9.89. The highest BCUT2D eigenvalue weighted by Crippen LogP contribution is 2.38. The zero-order chi connectivity index (χ0) is 27.0. The first-order valence-corrected chi connectivity index (χ1v) is 10.6. The summed E-state index contributed by atoms with van der Waals surface area (Å²) in [7, 11) is 0. The van der Waals surface area contributed by atoms with Crippen LogP contribution in [-0.2, 0) is 10.4 Å². The van der Waals surface area contributed by atoms with Gasteiger partial charge in [-0.2, -0.15) is 0 Å². The second-order valence-electron chi connectivity index (χ2n) is 9.18. The smallest absolute Gasteiger partial charge is 0.256 e. The summed E-state index contributed by atoms with van der Waals surface area (Å²) >= 11 is 0. The van der Waals surface area contributed by atoms with Crippen LogP contribution < -0.4 is 10.1 Å². The Balaban J connectivity index is 1.87. The molecule has 0 aliphatic heterocycles. The van der Waals surface area contributed by atoms with Crippen molar-refractivity contribution in [3.8, 4) is 5.75 Å². The monoisotopic (exact) mass is 430 g/mol. The molecule has 1 saturated carbocycles. The molecule has 31 heavy (non-hydrogen) atoms. The number of ether oxygens (including phenoxy) is 1. The Morgan fingerprint density at radius 1 is 1.16 bits per heavy atom. The molecule has 5 nitrogen and oxygen atoms in total. The van der Waals surface area contributed by atoms with Crippen molar-refractivity contribution in [3.05, 3.63) is 65.7 Å². The van der Waals surface area contributed by atoms with Gasteiger partial charge in [-0.3, -0.25) is 4.79 Å². The molecule has 168 valence electrons. The first-order chi connectivity index (χ1) is 16.5. The zero-order valence-electron chi connectivity index (χ0n) is 23.3. The third-order valence-corrected chi connectivity index (χ3v) is 5.84. The van der Waals surface area contributed by atoms with Crippen LogP contribution in [-0.4, -0.2) is 28.3 Å². The fraction of sp³-hybridized carbons (Fsp3) is 0.500. The highest BCUT2D eigenvalue weighted by Gasteiger charge is 2.38. The molecule has 2 aromatic rings. The summed E-state index contributed by atoms with van der Waals surface area (Å²) in [6.45, 7) is -0.159. The predicted molar refractivity (Wildman–Crippen MR) is 122 cm³/mol. The van der Waals surface area contributed by atoms with Crippen LogP contribution in [0, 0.1) is 5.41 Å². The van der Waals surface area contributed by atoms with E-state index < -0.39 is 42.0 Å². The SMILES string of the molecule is [2H]C([2H])(Oc1ccc([C@@H](NC(=O)[C@](O)(c2ccccc2)C([2H])([2H])[2H])C(C)(C)O)cc1)C1(C)CCCC1. The van der Waals surface area contributed by atoms with Gasteiger partial charge in [-0.25, -0.2) is 0 Å². The van der Waals surface area contributed by atoms with Gasteiger partial charge in [-0.05, 0) is 56.8 Å². The molecular weight excluding hydrogens is 390 g/mol. The van der Waals surface area contributed by atoms with Crippen LogP contribution in [0.15, 0.2) is 54.6 Å². The Morgan fingerprint density at radius 3 is 2.32 bits per heavy atom. The maximum absolute atomic E-state index is 13.3. The summed E-state index contributed by atoms with van der Waals surface area (Å²) in [6.07, 6.45) is 3.38. The zero-order valence-corrected chi connectivity index (χ0v) is 18.3. The van der Waals surface area contributed by atoms with E-state index in [1.54, 1.807) is 30.3 Å². The van der Waals surface area contributed by atoms with Crippen molar-refractivity contribution in [3.63, 3.8) is 0 Å². The molecule has 0 spiro atoms. The van der Waals surface area contributed by atoms with Gasteiger partial charge < -0.3 is 20.3 Å². The standard InChI is InChI=1S/C26H35NO4/c1-24(2,29)22(27-23(28)26(4,30)20-10-6-5-7-11-20)19-12-14-21(15-13-19)31-18-25(3)16-8-9-17-25/h5-7,10-15,22,29-30H,8-9,16-18H2,1-4H3,(H,27,28)/t22-,26-/m1/s1/i4D3,18D2. The number of rotatable bonds is 8. The summed E-state index contributed by atoms with van der Waals surface area (Å²) in [5.74, 6) is -0.882. The van der Waals surface area contributed by atoms with Gasteiger partial charge in [0.1, 0.15) is 5.75 Å². The minimum Gasteiger partial charge on any atom is -0.493 e. The van der Waals surface area contributed by atoms with E-state index in [2.05, 4.69) is 5.32 Å². The molecule has 1 aliphatic rings. The number of nitrogens with one attached hydrogen (secondary N) is 1. The van der Waals surface area contributed by atoms with E-state index in [9.17, 15) is 15.0 Å². The highest BCUT2D eigenvalue weighted by atomic mass is 16.5. The van der Waals surface area contributed by atoms with E-state index >= 15 is 0 Å². The van der Waals surface area contributed by atoms with Gasteiger partial charge in [0.2, 0.25) is 0 Å². The maximum atomic E-state index is 13.3. The van der Waals surface area contributed by atoms with Crippen LogP contribution in [0.5, 0.6) is 5.75 Å². The number of hydrogen-bond acceptors (Lipinski definition) is 4. The van der Waals surface area contributed by atoms with Crippen LogP contribution >= 0.6 is 0 Å². The van der Waals surface area contributed by atoms with E-state index in [1.807, 2.05) is 6.92 Å². The van der Waals surface area contributed by atoms with Crippen molar-refractivity contribution in [2.24, 2.45) is 5.41 Å². The van der Waals surface area contributed by atoms with Crippen molar-refractivity contribution in [1.29, 1.82) is 0 Å². The number of hydrogen-bond donors (Lipinski definition) is 3. The number of benzene rings is 2. The Bertz CT molecular complexity index is 1040. The lowest BCUT2D eigenvalue weighted by Crippen LogP contribution is -2.49. The summed E-state index contributed by atoms with van der Waals surface area (Å²) < 4.78 is 46.2. The van der Waals surface area contributed by atoms with Crippen molar-refractivity contribution < 1.29 is 26.6 Å². The van der Waals surface area contributed by atoms with E-state index in [-0.39, 0.29) is 5.56 Å². The van der Waals surface area contributed by atoms with Crippen LogP contribution in [0.3, 0.4) is 0 Å². The molecule has 0 radical (unpaired) electrons. The summed E-state index contributed by atoms with van der Waals surface area (Å²) in [6, 6.07) is 12.6. The van der Waals surface area contributed by atoms with Crippen molar-refractivity contribution in [2.75, 3.05) is 6.56 Å². The normalized spacial score (nSPS) is 22.0. The lowest BCUT2D eigenvalue weighted by molar-refractivity contribution is -0.141. The van der Waals surface area contributed by atoms with E-state index in [4.69, 9.17) is 11.6 Å².